The molecule has 146 valence electrons. The number of fused-ring (bicyclic) bond motifs is 1. The van der Waals surface area contributed by atoms with Crippen LogP contribution in [0, 0.1) is 5.82 Å². The number of benzene rings is 2. The number of aromatic carboxylic acids is 1. The van der Waals surface area contributed by atoms with Crippen LogP contribution in [-0.4, -0.2) is 30.3 Å². The first-order valence-electron chi connectivity index (χ1n) is 9.45. The minimum absolute atomic E-state index is 0.0458. The van der Waals surface area contributed by atoms with E-state index in [4.69, 9.17) is 9.15 Å². The van der Waals surface area contributed by atoms with Gasteiger partial charge in [-0.1, -0.05) is 0 Å². The fourth-order valence-electron chi connectivity index (χ4n) is 3.68. The van der Waals surface area contributed by atoms with E-state index in [-0.39, 0.29) is 23.2 Å². The van der Waals surface area contributed by atoms with Gasteiger partial charge in [-0.2, -0.15) is 0 Å². The van der Waals surface area contributed by atoms with Crippen LogP contribution in [0.5, 0.6) is 5.75 Å². The Kier molecular flexibility index (Phi) is 4.71. The summed E-state index contributed by atoms with van der Waals surface area (Å²) in [6.45, 7) is 5.74. The monoisotopic (exact) mass is 383 g/mol. The number of rotatable bonds is 5. The molecule has 1 aliphatic rings. The van der Waals surface area contributed by atoms with Crippen molar-refractivity contribution in [1.82, 2.24) is 0 Å². The van der Waals surface area contributed by atoms with E-state index in [0.29, 0.717) is 22.3 Å². The Morgan fingerprint density at radius 1 is 1.18 bits per heavy atom. The molecule has 28 heavy (non-hydrogen) atoms. The molecule has 6 heteroatoms. The third-order valence-electron chi connectivity index (χ3n) is 4.90. The van der Waals surface area contributed by atoms with E-state index in [1.807, 2.05) is 19.9 Å². The summed E-state index contributed by atoms with van der Waals surface area (Å²) in [5, 5.41) is 10.3. The van der Waals surface area contributed by atoms with Crippen molar-refractivity contribution in [2.45, 2.75) is 32.8 Å². The second-order valence-corrected chi connectivity index (χ2v) is 7.30. The number of furan rings is 1. The molecule has 2 heterocycles. The first kappa shape index (κ1) is 18.3. The molecule has 5 nitrogen and oxygen atoms in total. The van der Waals surface area contributed by atoms with E-state index in [0.717, 1.165) is 31.6 Å². The van der Waals surface area contributed by atoms with Crippen LogP contribution in [0.4, 0.5) is 10.1 Å². The predicted octanol–water partition coefficient (Wildman–Crippen LogP) is 5.32. The van der Waals surface area contributed by atoms with Gasteiger partial charge in [0.2, 0.25) is 0 Å². The highest BCUT2D eigenvalue weighted by Gasteiger charge is 2.26. The third-order valence-corrected chi connectivity index (χ3v) is 4.90. The van der Waals surface area contributed by atoms with Gasteiger partial charge in [0.1, 0.15) is 28.5 Å². The largest absolute Gasteiger partial charge is 0.489 e. The molecular weight excluding hydrogens is 361 g/mol. The van der Waals surface area contributed by atoms with E-state index < -0.39 is 5.97 Å². The number of carboxylic acids is 1. The lowest BCUT2D eigenvalue weighted by molar-refractivity contribution is 0.0699. The minimum Gasteiger partial charge on any atom is -0.489 e. The molecule has 1 saturated heterocycles. The average Bonchev–Trinajstić information content (AvgIpc) is 3.28. The number of anilines is 1. The minimum atomic E-state index is -1.09. The topological polar surface area (TPSA) is 62.9 Å². The zero-order valence-electron chi connectivity index (χ0n) is 15.9. The van der Waals surface area contributed by atoms with E-state index in [2.05, 4.69) is 4.90 Å². The smallest absolute Gasteiger partial charge is 0.340 e. The zero-order valence-corrected chi connectivity index (χ0v) is 15.9. The number of halogens is 1. The molecule has 1 N–H and O–H groups in total. The lowest BCUT2D eigenvalue weighted by Gasteiger charge is -2.22. The Morgan fingerprint density at radius 3 is 2.46 bits per heavy atom. The SMILES string of the molecule is CC(C)Oc1cc2c(C(=O)O)c(-c3ccc(F)cc3)oc2cc1N1CCCC1. The molecule has 1 aromatic heterocycles. The summed E-state index contributed by atoms with van der Waals surface area (Å²) in [5.74, 6) is -0.613. The third kappa shape index (κ3) is 3.30. The summed E-state index contributed by atoms with van der Waals surface area (Å²) in [4.78, 5) is 14.3. The van der Waals surface area contributed by atoms with Gasteiger partial charge in [0, 0.05) is 30.1 Å². The number of carboxylic acid groups (broad SMARTS) is 1. The Balaban J connectivity index is 1.93. The number of hydrogen-bond acceptors (Lipinski definition) is 4. The normalized spacial score (nSPS) is 14.2. The fraction of sp³-hybridized carbons (Fsp3) is 0.318. The van der Waals surface area contributed by atoms with E-state index in [9.17, 15) is 14.3 Å². The van der Waals surface area contributed by atoms with Gasteiger partial charge in [-0.3, -0.25) is 0 Å². The Hall–Kier alpha value is -3.02. The van der Waals surface area contributed by atoms with Gasteiger partial charge in [-0.15, -0.1) is 0 Å². The summed E-state index contributed by atoms with van der Waals surface area (Å²) in [7, 11) is 0. The van der Waals surface area contributed by atoms with Crippen LogP contribution in [0.1, 0.15) is 37.0 Å². The predicted molar refractivity (Wildman–Crippen MR) is 106 cm³/mol. The average molecular weight is 383 g/mol. The van der Waals surface area contributed by atoms with Crippen LogP contribution in [0.2, 0.25) is 0 Å². The summed E-state index contributed by atoms with van der Waals surface area (Å²) in [6, 6.07) is 9.23. The van der Waals surface area contributed by atoms with Crippen LogP contribution < -0.4 is 9.64 Å². The van der Waals surface area contributed by atoms with E-state index in [1.165, 1.54) is 24.3 Å². The molecule has 3 aromatic rings. The van der Waals surface area contributed by atoms with E-state index in [1.54, 1.807) is 6.07 Å². The molecule has 0 unspecified atom stereocenters. The summed E-state index contributed by atoms with van der Waals surface area (Å²) >= 11 is 0. The van der Waals surface area contributed by atoms with E-state index >= 15 is 0 Å². The van der Waals surface area contributed by atoms with Gasteiger partial charge >= 0.3 is 5.97 Å². The van der Waals surface area contributed by atoms with Gasteiger partial charge in [0.15, 0.2) is 0 Å². The Labute approximate surface area is 162 Å². The van der Waals surface area contributed by atoms with Crippen molar-refractivity contribution in [2.24, 2.45) is 0 Å². The number of hydrogen-bond donors (Lipinski definition) is 1. The number of ether oxygens (including phenoxy) is 1. The molecule has 0 amide bonds. The number of carbonyl (C=O) groups is 1. The number of nitrogens with zero attached hydrogens (tertiary/aromatic N) is 1. The Morgan fingerprint density at radius 2 is 1.86 bits per heavy atom. The second-order valence-electron chi connectivity index (χ2n) is 7.30. The quantitative estimate of drug-likeness (QED) is 0.646. The van der Waals surface area contributed by atoms with Crippen molar-refractivity contribution in [2.75, 3.05) is 18.0 Å². The first-order chi connectivity index (χ1) is 13.4. The van der Waals surface area contributed by atoms with Crippen LogP contribution >= 0.6 is 0 Å². The lowest BCUT2D eigenvalue weighted by atomic mass is 10.0. The standard InChI is InChI=1S/C22H22FNO4/c1-13(2)27-19-11-16-18(12-17(19)24-9-3-4-10-24)28-21(20(16)22(25)26)14-5-7-15(23)8-6-14/h5-8,11-13H,3-4,9-10H2,1-2H3,(H,25,26). The molecule has 0 spiro atoms. The molecule has 4 rings (SSSR count). The molecule has 0 radical (unpaired) electrons. The summed E-state index contributed by atoms with van der Waals surface area (Å²) in [5.41, 5.74) is 1.97. The second kappa shape index (κ2) is 7.19. The van der Waals surface area contributed by atoms with Crippen LogP contribution in [-0.2, 0) is 0 Å². The molecule has 1 aliphatic heterocycles. The molecule has 0 atom stereocenters. The highest BCUT2D eigenvalue weighted by atomic mass is 19.1. The first-order valence-corrected chi connectivity index (χ1v) is 9.45. The van der Waals surface area contributed by atoms with Crippen LogP contribution in [0.25, 0.3) is 22.3 Å². The maximum absolute atomic E-state index is 13.3. The highest BCUT2D eigenvalue weighted by Crippen LogP contribution is 2.41. The summed E-state index contributed by atoms with van der Waals surface area (Å²) < 4.78 is 25.3. The van der Waals surface area contributed by atoms with Gasteiger partial charge in [-0.05, 0) is 57.0 Å². The van der Waals surface area contributed by atoms with Crippen molar-refractivity contribution in [3.8, 4) is 17.1 Å². The van der Waals surface area contributed by atoms with Crippen molar-refractivity contribution in [3.05, 3.63) is 47.8 Å². The highest BCUT2D eigenvalue weighted by molar-refractivity contribution is 6.09. The lowest BCUT2D eigenvalue weighted by Crippen LogP contribution is -2.19. The van der Waals surface area contributed by atoms with Gasteiger partial charge < -0.3 is 19.2 Å². The summed E-state index contributed by atoms with van der Waals surface area (Å²) in [6.07, 6.45) is 2.17. The van der Waals surface area contributed by atoms with Gasteiger partial charge in [0.05, 0.1) is 11.8 Å². The van der Waals surface area contributed by atoms with Gasteiger partial charge in [-0.25, -0.2) is 9.18 Å². The van der Waals surface area contributed by atoms with Crippen molar-refractivity contribution in [1.29, 1.82) is 0 Å². The molecular formula is C22H22FNO4. The van der Waals surface area contributed by atoms with Crippen molar-refractivity contribution in [3.63, 3.8) is 0 Å². The molecule has 0 bridgehead atoms. The molecule has 1 fully saturated rings. The van der Waals surface area contributed by atoms with Crippen LogP contribution in [0.3, 0.4) is 0 Å². The Bertz CT molecular complexity index is 1020. The van der Waals surface area contributed by atoms with Crippen molar-refractivity contribution >= 4 is 22.6 Å². The van der Waals surface area contributed by atoms with Crippen molar-refractivity contribution < 1.29 is 23.4 Å². The van der Waals surface area contributed by atoms with Gasteiger partial charge in [0.25, 0.3) is 0 Å². The molecule has 0 saturated carbocycles. The van der Waals surface area contributed by atoms with Crippen LogP contribution in [0.15, 0.2) is 40.8 Å². The maximum atomic E-state index is 13.3. The maximum Gasteiger partial charge on any atom is 0.340 e. The molecule has 2 aromatic carbocycles. The fourth-order valence-corrected chi connectivity index (χ4v) is 3.68. The zero-order chi connectivity index (χ0) is 19.8. The molecule has 0 aliphatic carbocycles.